The van der Waals surface area contributed by atoms with E-state index in [0.717, 1.165) is 35.4 Å². The number of hydrogen-bond acceptors (Lipinski definition) is 6. The fourth-order valence-electron chi connectivity index (χ4n) is 3.52. The van der Waals surface area contributed by atoms with Crippen molar-refractivity contribution in [1.29, 1.82) is 0 Å². The molecule has 8 heteroatoms. The molecule has 2 heterocycles. The molecule has 5 rings (SSSR count). The molecular formula is C27H23ClN4O3. The van der Waals surface area contributed by atoms with Crippen LogP contribution in [0.25, 0.3) is 17.5 Å². The third kappa shape index (κ3) is 6.13. The number of rotatable bonds is 9. The van der Waals surface area contributed by atoms with Gasteiger partial charge < -0.3 is 14.1 Å². The summed E-state index contributed by atoms with van der Waals surface area (Å²) in [5.41, 5.74) is 2.55. The Balaban J connectivity index is 1.19. The normalized spacial score (nSPS) is 13.2. The van der Waals surface area contributed by atoms with E-state index in [4.69, 9.17) is 20.8 Å². The molecule has 0 spiro atoms. The molecular weight excluding hydrogens is 464 g/mol. The van der Waals surface area contributed by atoms with Crippen molar-refractivity contribution in [1.82, 2.24) is 20.1 Å². The fourth-order valence-corrected chi connectivity index (χ4v) is 3.65. The van der Waals surface area contributed by atoms with Crippen LogP contribution >= 0.6 is 11.6 Å². The number of hydrogen-bond donors (Lipinski definition) is 0. The van der Waals surface area contributed by atoms with Crippen LogP contribution in [0.4, 0.5) is 0 Å². The van der Waals surface area contributed by atoms with Crippen molar-refractivity contribution in [3.05, 3.63) is 101 Å². The number of pyridine rings is 1. The highest BCUT2D eigenvalue weighted by molar-refractivity contribution is 6.30. The second-order valence-electron chi connectivity index (χ2n) is 8.22. The number of carbonyl (C=O) groups is 1. The maximum absolute atomic E-state index is 12.9. The summed E-state index contributed by atoms with van der Waals surface area (Å²) in [5, 5.41) is 8.88. The van der Waals surface area contributed by atoms with Crippen molar-refractivity contribution < 1.29 is 13.9 Å². The smallest absolute Gasteiger partial charge is 0.247 e. The largest absolute Gasteiger partial charge is 0.487 e. The molecule has 0 aliphatic heterocycles. The molecule has 4 aromatic rings. The van der Waals surface area contributed by atoms with Gasteiger partial charge in [0.1, 0.15) is 12.4 Å². The van der Waals surface area contributed by atoms with Crippen molar-refractivity contribution in [3.63, 3.8) is 0 Å². The minimum absolute atomic E-state index is 0.0887. The first kappa shape index (κ1) is 22.8. The van der Waals surface area contributed by atoms with E-state index in [2.05, 4.69) is 15.2 Å². The molecule has 2 aromatic heterocycles. The molecule has 35 heavy (non-hydrogen) atoms. The molecule has 176 valence electrons. The maximum Gasteiger partial charge on any atom is 0.247 e. The molecule has 0 bridgehead atoms. The second-order valence-corrected chi connectivity index (χ2v) is 8.65. The third-order valence-electron chi connectivity index (χ3n) is 5.55. The third-order valence-corrected chi connectivity index (χ3v) is 5.80. The maximum atomic E-state index is 12.9. The summed E-state index contributed by atoms with van der Waals surface area (Å²) >= 11 is 5.94. The van der Waals surface area contributed by atoms with Gasteiger partial charge in [0, 0.05) is 28.9 Å². The first-order chi connectivity index (χ1) is 17.1. The molecule has 7 nitrogen and oxygen atoms in total. The van der Waals surface area contributed by atoms with Crippen LogP contribution in [0.2, 0.25) is 5.02 Å². The Hall–Kier alpha value is -3.97. The SMILES string of the molecule is O=C(/C=C/c1ccc(OCc2ccccn2)cc1)N(Cc1nnc(-c2ccc(Cl)cc2)o1)C1CC1. The molecule has 1 aliphatic rings. The van der Waals surface area contributed by atoms with Gasteiger partial charge in [0.05, 0.1) is 12.2 Å². The van der Waals surface area contributed by atoms with Crippen LogP contribution in [0.1, 0.15) is 30.0 Å². The Morgan fingerprint density at radius 3 is 2.57 bits per heavy atom. The van der Waals surface area contributed by atoms with Gasteiger partial charge in [0.15, 0.2) is 0 Å². The van der Waals surface area contributed by atoms with E-state index in [0.29, 0.717) is 23.4 Å². The van der Waals surface area contributed by atoms with Gasteiger partial charge in [-0.05, 0) is 73.0 Å². The van der Waals surface area contributed by atoms with Crippen LogP contribution in [0.3, 0.4) is 0 Å². The summed E-state index contributed by atoms with van der Waals surface area (Å²) in [5.74, 6) is 1.46. The van der Waals surface area contributed by atoms with E-state index in [1.54, 1.807) is 35.4 Å². The number of nitrogens with zero attached hydrogens (tertiary/aromatic N) is 4. The predicted octanol–water partition coefficient (Wildman–Crippen LogP) is 5.57. The molecule has 0 unspecified atom stereocenters. The molecule has 2 aromatic carbocycles. The van der Waals surface area contributed by atoms with Crippen LogP contribution in [-0.4, -0.2) is 32.0 Å². The topological polar surface area (TPSA) is 81.4 Å². The summed E-state index contributed by atoms with van der Waals surface area (Å²) in [6.07, 6.45) is 7.07. The molecule has 1 aliphatic carbocycles. The lowest BCUT2D eigenvalue weighted by atomic mass is 10.2. The standard InChI is InChI=1S/C27H23ClN4O3/c28-21-9-7-20(8-10-21)27-31-30-25(35-27)17-32(23-11-12-23)26(33)15-6-19-4-13-24(14-5-19)34-18-22-3-1-2-16-29-22/h1-10,13-16,23H,11-12,17-18H2/b15-6+. The Kier molecular flexibility index (Phi) is 6.86. The predicted molar refractivity (Wildman–Crippen MR) is 132 cm³/mol. The van der Waals surface area contributed by atoms with E-state index < -0.39 is 0 Å². The van der Waals surface area contributed by atoms with Crippen LogP contribution < -0.4 is 4.74 Å². The van der Waals surface area contributed by atoms with Crippen LogP contribution in [-0.2, 0) is 17.9 Å². The van der Waals surface area contributed by atoms with Gasteiger partial charge in [-0.1, -0.05) is 29.8 Å². The van der Waals surface area contributed by atoms with Crippen LogP contribution in [0.15, 0.2) is 83.4 Å². The highest BCUT2D eigenvalue weighted by atomic mass is 35.5. The number of aromatic nitrogens is 3. The van der Waals surface area contributed by atoms with Gasteiger partial charge in [0.2, 0.25) is 17.7 Å². The summed E-state index contributed by atoms with van der Waals surface area (Å²) in [6.45, 7) is 0.676. The average Bonchev–Trinajstić information content (AvgIpc) is 3.63. The number of benzene rings is 2. The van der Waals surface area contributed by atoms with Crippen LogP contribution in [0.5, 0.6) is 5.75 Å². The fraction of sp³-hybridized carbons (Fsp3) is 0.185. The highest BCUT2D eigenvalue weighted by Gasteiger charge is 2.32. The molecule has 0 saturated heterocycles. The van der Waals surface area contributed by atoms with Crippen molar-refractivity contribution in [2.45, 2.75) is 32.0 Å². The minimum atomic E-state index is -0.0887. The molecule has 1 fully saturated rings. The Labute approximate surface area is 208 Å². The van der Waals surface area contributed by atoms with E-state index in [9.17, 15) is 4.79 Å². The number of halogens is 1. The first-order valence-corrected chi connectivity index (χ1v) is 11.7. The molecule has 0 radical (unpaired) electrons. The molecule has 0 atom stereocenters. The van der Waals surface area contributed by atoms with Gasteiger partial charge in [-0.2, -0.15) is 0 Å². The van der Waals surface area contributed by atoms with Crippen molar-refractivity contribution in [2.24, 2.45) is 0 Å². The molecule has 0 N–H and O–H groups in total. The van der Waals surface area contributed by atoms with Crippen molar-refractivity contribution in [3.8, 4) is 17.2 Å². The van der Waals surface area contributed by atoms with Crippen LogP contribution in [0, 0.1) is 0 Å². The summed E-state index contributed by atoms with van der Waals surface area (Å²) in [4.78, 5) is 19.0. The van der Waals surface area contributed by atoms with Crippen molar-refractivity contribution in [2.75, 3.05) is 0 Å². The van der Waals surface area contributed by atoms with Crippen molar-refractivity contribution >= 4 is 23.6 Å². The number of ether oxygens (including phenoxy) is 1. The van der Waals surface area contributed by atoms with Gasteiger partial charge >= 0.3 is 0 Å². The van der Waals surface area contributed by atoms with E-state index in [1.165, 1.54) is 0 Å². The summed E-state index contributed by atoms with van der Waals surface area (Å²) in [6, 6.07) is 20.7. The van der Waals surface area contributed by atoms with Gasteiger partial charge in [0.25, 0.3) is 0 Å². The minimum Gasteiger partial charge on any atom is -0.487 e. The lowest BCUT2D eigenvalue weighted by Crippen LogP contribution is -2.31. The zero-order valence-corrected chi connectivity index (χ0v) is 19.6. The van der Waals surface area contributed by atoms with E-state index in [1.807, 2.05) is 54.6 Å². The molecule has 1 amide bonds. The first-order valence-electron chi connectivity index (χ1n) is 11.3. The van der Waals surface area contributed by atoms with Gasteiger partial charge in [-0.15, -0.1) is 10.2 Å². The Morgan fingerprint density at radius 1 is 1.06 bits per heavy atom. The number of amides is 1. The summed E-state index contributed by atoms with van der Waals surface area (Å²) < 4.78 is 11.6. The monoisotopic (exact) mass is 486 g/mol. The quantitative estimate of drug-likeness (QED) is 0.288. The van der Waals surface area contributed by atoms with E-state index >= 15 is 0 Å². The van der Waals surface area contributed by atoms with Gasteiger partial charge in [-0.3, -0.25) is 9.78 Å². The summed E-state index contributed by atoms with van der Waals surface area (Å²) in [7, 11) is 0. The highest BCUT2D eigenvalue weighted by Crippen LogP contribution is 2.29. The second kappa shape index (κ2) is 10.5. The lowest BCUT2D eigenvalue weighted by molar-refractivity contribution is -0.127. The average molecular weight is 487 g/mol. The number of carbonyl (C=O) groups excluding carboxylic acids is 1. The van der Waals surface area contributed by atoms with Gasteiger partial charge in [-0.25, -0.2) is 0 Å². The van der Waals surface area contributed by atoms with E-state index in [-0.39, 0.29) is 18.5 Å². The Bertz CT molecular complexity index is 1300. The lowest BCUT2D eigenvalue weighted by Gasteiger charge is -2.18. The molecule has 1 saturated carbocycles. The Morgan fingerprint density at radius 2 is 1.86 bits per heavy atom. The zero-order valence-electron chi connectivity index (χ0n) is 18.9. The zero-order chi connectivity index (χ0) is 24.0.